The van der Waals surface area contributed by atoms with Crippen LogP contribution in [0.1, 0.15) is 11.4 Å². The molecular weight excluding hydrogens is 298 g/mol. The minimum Gasteiger partial charge on any atom is -0.345 e. The Morgan fingerprint density at radius 2 is 2.28 bits per heavy atom. The predicted molar refractivity (Wildman–Crippen MR) is 69.2 cm³/mol. The van der Waals surface area contributed by atoms with Crippen LogP contribution in [0.25, 0.3) is 6.08 Å². The number of nitrogens with one attached hydrogen (secondary N) is 2. The van der Waals surface area contributed by atoms with E-state index in [4.69, 9.17) is 0 Å². The maximum absolute atomic E-state index is 11.5. The summed E-state index contributed by atoms with van der Waals surface area (Å²) in [4.78, 5) is 11.5. The van der Waals surface area contributed by atoms with Crippen molar-refractivity contribution in [2.24, 2.45) is 0 Å². The first-order valence-electron chi connectivity index (χ1n) is 5.18. The lowest BCUT2D eigenvalue weighted by Crippen LogP contribution is -2.20. The predicted octanol–water partition coefficient (Wildman–Crippen LogP) is 1.29. The van der Waals surface area contributed by atoms with Crippen molar-refractivity contribution in [2.75, 3.05) is 0 Å². The molecule has 0 saturated carbocycles. The number of carbonyl (C=O) groups is 1. The number of aromatic amines is 1. The summed E-state index contributed by atoms with van der Waals surface area (Å²) < 4.78 is 0.937. The highest BCUT2D eigenvalue weighted by molar-refractivity contribution is 9.10. The number of tetrazole rings is 1. The van der Waals surface area contributed by atoms with E-state index < -0.39 is 0 Å². The number of benzene rings is 1. The number of hydrogen-bond acceptors (Lipinski definition) is 4. The molecule has 18 heavy (non-hydrogen) atoms. The van der Waals surface area contributed by atoms with Crippen LogP contribution in [0, 0.1) is 0 Å². The van der Waals surface area contributed by atoms with Crippen molar-refractivity contribution in [1.29, 1.82) is 0 Å². The first kappa shape index (κ1) is 12.4. The second kappa shape index (κ2) is 6.06. The molecule has 0 fully saturated rings. The van der Waals surface area contributed by atoms with Crippen molar-refractivity contribution in [1.82, 2.24) is 25.9 Å². The molecule has 1 heterocycles. The Morgan fingerprint density at radius 1 is 1.44 bits per heavy atom. The molecule has 0 aliphatic heterocycles. The smallest absolute Gasteiger partial charge is 0.244 e. The molecule has 0 atom stereocenters. The van der Waals surface area contributed by atoms with Gasteiger partial charge in [-0.05, 0) is 17.7 Å². The van der Waals surface area contributed by atoms with E-state index in [1.807, 2.05) is 24.3 Å². The number of nitrogens with zero attached hydrogens (tertiary/aromatic N) is 3. The van der Waals surface area contributed by atoms with Gasteiger partial charge in [0.2, 0.25) is 5.91 Å². The molecule has 6 nitrogen and oxygen atoms in total. The van der Waals surface area contributed by atoms with Gasteiger partial charge in [-0.1, -0.05) is 39.3 Å². The van der Waals surface area contributed by atoms with Crippen LogP contribution < -0.4 is 5.32 Å². The number of H-pyrrole nitrogens is 1. The monoisotopic (exact) mass is 307 g/mol. The zero-order valence-corrected chi connectivity index (χ0v) is 10.9. The summed E-state index contributed by atoms with van der Waals surface area (Å²) in [7, 11) is 0. The maximum Gasteiger partial charge on any atom is 0.244 e. The standard InChI is InChI=1S/C11H10BrN5O/c12-9-4-2-1-3-8(9)5-6-11(18)13-7-10-14-16-17-15-10/h1-6H,7H2,(H,13,18)(H,14,15,16,17). The van der Waals surface area contributed by atoms with E-state index >= 15 is 0 Å². The third-order valence-corrected chi connectivity index (χ3v) is 2.85. The number of aromatic nitrogens is 4. The van der Waals surface area contributed by atoms with Crippen molar-refractivity contribution >= 4 is 27.9 Å². The molecule has 0 bridgehead atoms. The average Bonchev–Trinajstić information content (AvgIpc) is 2.88. The minimum absolute atomic E-state index is 0.212. The summed E-state index contributed by atoms with van der Waals surface area (Å²) in [5.74, 6) is 0.230. The quantitative estimate of drug-likeness (QED) is 0.834. The van der Waals surface area contributed by atoms with Crippen molar-refractivity contribution in [3.8, 4) is 0 Å². The molecule has 0 saturated heterocycles. The molecule has 1 aromatic carbocycles. The summed E-state index contributed by atoms with van der Waals surface area (Å²) in [6, 6.07) is 7.64. The van der Waals surface area contributed by atoms with E-state index in [9.17, 15) is 4.79 Å². The van der Waals surface area contributed by atoms with Gasteiger partial charge >= 0.3 is 0 Å². The van der Waals surface area contributed by atoms with Crippen LogP contribution in [0.3, 0.4) is 0 Å². The zero-order chi connectivity index (χ0) is 12.8. The van der Waals surface area contributed by atoms with E-state index in [-0.39, 0.29) is 12.5 Å². The van der Waals surface area contributed by atoms with E-state index in [2.05, 4.69) is 41.9 Å². The molecule has 92 valence electrons. The lowest BCUT2D eigenvalue weighted by atomic mass is 10.2. The molecule has 2 rings (SSSR count). The van der Waals surface area contributed by atoms with Crippen molar-refractivity contribution < 1.29 is 4.79 Å². The summed E-state index contributed by atoms with van der Waals surface area (Å²) in [6.45, 7) is 0.246. The average molecular weight is 308 g/mol. The van der Waals surface area contributed by atoms with E-state index in [1.54, 1.807) is 6.08 Å². The molecule has 0 spiro atoms. The number of halogens is 1. The first-order chi connectivity index (χ1) is 8.75. The Kier molecular flexibility index (Phi) is 4.19. The van der Waals surface area contributed by atoms with Gasteiger partial charge in [-0.25, -0.2) is 0 Å². The largest absolute Gasteiger partial charge is 0.345 e. The zero-order valence-electron chi connectivity index (χ0n) is 9.30. The van der Waals surface area contributed by atoms with Crippen LogP contribution in [-0.2, 0) is 11.3 Å². The highest BCUT2D eigenvalue weighted by Crippen LogP contribution is 2.16. The van der Waals surface area contributed by atoms with Gasteiger partial charge in [0.1, 0.15) is 0 Å². The van der Waals surface area contributed by atoms with Gasteiger partial charge in [0.25, 0.3) is 0 Å². The SMILES string of the molecule is O=C(C=Cc1ccccc1Br)NCc1nn[nH]n1. The fraction of sp³-hybridized carbons (Fsp3) is 0.0909. The number of amides is 1. The Labute approximate surface area is 112 Å². The fourth-order valence-electron chi connectivity index (χ4n) is 1.26. The molecule has 0 aliphatic carbocycles. The van der Waals surface area contributed by atoms with Gasteiger partial charge in [-0.3, -0.25) is 4.79 Å². The Morgan fingerprint density at radius 3 is 3.00 bits per heavy atom. The van der Waals surface area contributed by atoms with E-state index in [0.717, 1.165) is 10.0 Å². The lowest BCUT2D eigenvalue weighted by Gasteiger charge is -1.98. The van der Waals surface area contributed by atoms with Crippen LogP contribution in [-0.4, -0.2) is 26.5 Å². The fourth-order valence-corrected chi connectivity index (χ4v) is 1.68. The molecule has 2 N–H and O–H groups in total. The second-order valence-corrected chi connectivity index (χ2v) is 4.26. The third-order valence-electron chi connectivity index (χ3n) is 2.13. The highest BCUT2D eigenvalue weighted by Gasteiger charge is 2.00. The molecule has 0 unspecified atom stereocenters. The van der Waals surface area contributed by atoms with Crippen LogP contribution in [0.4, 0.5) is 0 Å². The molecule has 1 aromatic heterocycles. The van der Waals surface area contributed by atoms with Gasteiger partial charge in [-0.15, -0.1) is 10.2 Å². The van der Waals surface area contributed by atoms with Gasteiger partial charge in [0, 0.05) is 10.5 Å². The van der Waals surface area contributed by atoms with Gasteiger partial charge in [0.05, 0.1) is 6.54 Å². The lowest BCUT2D eigenvalue weighted by molar-refractivity contribution is -0.116. The number of rotatable bonds is 4. The van der Waals surface area contributed by atoms with Crippen molar-refractivity contribution in [3.63, 3.8) is 0 Å². The number of carbonyl (C=O) groups excluding carboxylic acids is 1. The molecule has 0 radical (unpaired) electrons. The molecule has 1 amide bonds. The van der Waals surface area contributed by atoms with Crippen LogP contribution in [0.15, 0.2) is 34.8 Å². The van der Waals surface area contributed by atoms with Gasteiger partial charge in [0.15, 0.2) is 5.82 Å². The van der Waals surface area contributed by atoms with Crippen molar-refractivity contribution in [3.05, 3.63) is 46.2 Å². The maximum atomic E-state index is 11.5. The van der Waals surface area contributed by atoms with E-state index in [0.29, 0.717) is 5.82 Å². The van der Waals surface area contributed by atoms with Gasteiger partial charge in [-0.2, -0.15) is 5.21 Å². The summed E-state index contributed by atoms with van der Waals surface area (Å²) >= 11 is 3.40. The summed E-state index contributed by atoms with van der Waals surface area (Å²) in [6.07, 6.45) is 3.19. The van der Waals surface area contributed by atoms with Gasteiger partial charge < -0.3 is 5.32 Å². The third kappa shape index (κ3) is 3.49. The molecular formula is C11H10BrN5O. The normalized spacial score (nSPS) is 10.7. The topological polar surface area (TPSA) is 83.6 Å². The Bertz CT molecular complexity index is 552. The van der Waals surface area contributed by atoms with Crippen LogP contribution in [0.2, 0.25) is 0 Å². The molecule has 0 aliphatic rings. The van der Waals surface area contributed by atoms with Crippen LogP contribution in [0.5, 0.6) is 0 Å². The van der Waals surface area contributed by atoms with Crippen molar-refractivity contribution in [2.45, 2.75) is 6.54 Å². The Balaban J connectivity index is 1.89. The highest BCUT2D eigenvalue weighted by atomic mass is 79.9. The summed E-state index contributed by atoms with van der Waals surface area (Å²) in [5, 5.41) is 15.8. The number of hydrogen-bond donors (Lipinski definition) is 2. The summed E-state index contributed by atoms with van der Waals surface area (Å²) in [5.41, 5.74) is 0.937. The second-order valence-electron chi connectivity index (χ2n) is 3.40. The van der Waals surface area contributed by atoms with E-state index in [1.165, 1.54) is 6.08 Å². The molecule has 2 aromatic rings. The molecule has 7 heteroatoms. The van der Waals surface area contributed by atoms with Crippen LogP contribution >= 0.6 is 15.9 Å². The first-order valence-corrected chi connectivity index (χ1v) is 5.98. The Hall–Kier alpha value is -2.02. The minimum atomic E-state index is -0.212.